The molecule has 0 atom stereocenters. The quantitative estimate of drug-likeness (QED) is 0.756. The number of hydrogen-bond donors (Lipinski definition) is 2. The van der Waals surface area contributed by atoms with Crippen molar-refractivity contribution >= 4 is 11.9 Å². The van der Waals surface area contributed by atoms with Crippen LogP contribution in [0.1, 0.15) is 36.0 Å². The normalized spacial score (nSPS) is 15.6. The van der Waals surface area contributed by atoms with Gasteiger partial charge in [-0.2, -0.15) is 0 Å². The van der Waals surface area contributed by atoms with Gasteiger partial charge in [0.05, 0.1) is 17.5 Å². The molecule has 1 fully saturated rings. The Morgan fingerprint density at radius 3 is 2.67 bits per heavy atom. The van der Waals surface area contributed by atoms with Gasteiger partial charge >= 0.3 is 5.97 Å². The Bertz CT molecular complexity index is 549. The first-order chi connectivity index (χ1) is 10.1. The fourth-order valence-corrected chi connectivity index (χ4v) is 2.48. The molecule has 1 aliphatic carbocycles. The van der Waals surface area contributed by atoms with Crippen molar-refractivity contribution in [1.29, 1.82) is 0 Å². The number of ether oxygens (including phenoxy) is 1. The third-order valence-corrected chi connectivity index (χ3v) is 3.67. The van der Waals surface area contributed by atoms with Crippen molar-refractivity contribution in [3.8, 4) is 5.75 Å². The summed E-state index contributed by atoms with van der Waals surface area (Å²) >= 11 is 0. The van der Waals surface area contributed by atoms with E-state index in [4.69, 9.17) is 9.84 Å². The van der Waals surface area contributed by atoms with Gasteiger partial charge in [-0.25, -0.2) is 0 Å². The number of carbonyl (C=O) groups excluding carboxylic acids is 1. The van der Waals surface area contributed by atoms with E-state index >= 15 is 0 Å². The zero-order valence-electron chi connectivity index (χ0n) is 11.8. The number of benzene rings is 1. The van der Waals surface area contributed by atoms with Gasteiger partial charge < -0.3 is 15.2 Å². The second kappa shape index (κ2) is 6.43. The number of rotatable bonds is 7. The summed E-state index contributed by atoms with van der Waals surface area (Å²) in [5, 5.41) is 11.8. The summed E-state index contributed by atoms with van der Waals surface area (Å²) < 4.78 is 5.46. The van der Waals surface area contributed by atoms with Gasteiger partial charge in [-0.15, -0.1) is 0 Å². The predicted molar refractivity (Wildman–Crippen MR) is 78.4 cm³/mol. The first-order valence-electron chi connectivity index (χ1n) is 6.93. The van der Waals surface area contributed by atoms with Gasteiger partial charge in [0.2, 0.25) is 0 Å². The van der Waals surface area contributed by atoms with Crippen LogP contribution in [0.25, 0.3) is 0 Å². The number of carboxylic acid groups (broad SMARTS) is 1. The van der Waals surface area contributed by atoms with Crippen molar-refractivity contribution in [2.45, 2.75) is 31.2 Å². The molecule has 1 aromatic carbocycles. The molecule has 0 radical (unpaired) electrons. The number of carbonyl (C=O) groups is 2. The SMILES string of the molecule is C=CCOc1ccccc1C(=O)NC1(CC(=O)O)CCC1. The highest BCUT2D eigenvalue weighted by atomic mass is 16.5. The molecule has 1 aliphatic rings. The Morgan fingerprint density at radius 1 is 1.38 bits per heavy atom. The summed E-state index contributed by atoms with van der Waals surface area (Å²) in [5.74, 6) is -0.721. The second-order valence-electron chi connectivity index (χ2n) is 5.25. The Hall–Kier alpha value is -2.30. The maximum absolute atomic E-state index is 12.4. The van der Waals surface area contributed by atoms with Crippen molar-refractivity contribution in [3.05, 3.63) is 42.5 Å². The molecule has 112 valence electrons. The fraction of sp³-hybridized carbons (Fsp3) is 0.375. The van der Waals surface area contributed by atoms with Crippen molar-refractivity contribution in [2.24, 2.45) is 0 Å². The lowest BCUT2D eigenvalue weighted by molar-refractivity contribution is -0.139. The number of aliphatic carboxylic acids is 1. The molecule has 0 spiro atoms. The molecular weight excluding hydrogens is 270 g/mol. The minimum absolute atomic E-state index is 0.0472. The molecule has 0 aromatic heterocycles. The third kappa shape index (κ3) is 3.62. The molecule has 0 aliphatic heterocycles. The summed E-state index contributed by atoms with van der Waals surface area (Å²) in [6.07, 6.45) is 3.88. The van der Waals surface area contributed by atoms with Crippen LogP contribution >= 0.6 is 0 Å². The molecule has 0 saturated heterocycles. The van der Waals surface area contributed by atoms with Gasteiger partial charge in [0, 0.05) is 0 Å². The van der Waals surface area contributed by atoms with Crippen LogP contribution in [0.15, 0.2) is 36.9 Å². The van der Waals surface area contributed by atoms with Gasteiger partial charge in [-0.1, -0.05) is 24.8 Å². The first-order valence-corrected chi connectivity index (χ1v) is 6.93. The van der Waals surface area contributed by atoms with E-state index in [0.29, 0.717) is 30.8 Å². The Kier molecular flexibility index (Phi) is 4.62. The highest BCUT2D eigenvalue weighted by Gasteiger charge is 2.40. The van der Waals surface area contributed by atoms with Gasteiger partial charge in [0.1, 0.15) is 12.4 Å². The zero-order valence-corrected chi connectivity index (χ0v) is 11.8. The predicted octanol–water partition coefficient (Wildman–Crippen LogP) is 2.38. The molecule has 0 unspecified atom stereocenters. The van der Waals surface area contributed by atoms with Crippen molar-refractivity contribution in [3.63, 3.8) is 0 Å². The maximum atomic E-state index is 12.4. The molecule has 1 aromatic rings. The minimum atomic E-state index is -0.897. The minimum Gasteiger partial charge on any atom is -0.489 e. The van der Waals surface area contributed by atoms with Gasteiger partial charge in [0.15, 0.2) is 0 Å². The molecule has 0 heterocycles. The van der Waals surface area contributed by atoms with Gasteiger partial charge in [-0.3, -0.25) is 9.59 Å². The summed E-state index contributed by atoms with van der Waals surface area (Å²) in [5.41, 5.74) is -0.204. The van der Waals surface area contributed by atoms with Crippen molar-refractivity contribution in [1.82, 2.24) is 5.32 Å². The van der Waals surface area contributed by atoms with E-state index in [-0.39, 0.29) is 12.3 Å². The Morgan fingerprint density at radius 2 is 2.10 bits per heavy atom. The van der Waals surface area contributed by atoms with E-state index in [1.165, 1.54) is 0 Å². The molecule has 0 bridgehead atoms. The third-order valence-electron chi connectivity index (χ3n) is 3.67. The molecule has 1 amide bonds. The number of nitrogens with one attached hydrogen (secondary N) is 1. The summed E-state index contributed by atoms with van der Waals surface area (Å²) in [4.78, 5) is 23.4. The van der Waals surface area contributed by atoms with Crippen LogP contribution in [0.4, 0.5) is 0 Å². The molecule has 2 rings (SSSR count). The summed E-state index contributed by atoms with van der Waals surface area (Å²) in [7, 11) is 0. The molecule has 21 heavy (non-hydrogen) atoms. The highest BCUT2D eigenvalue weighted by molar-refractivity contribution is 5.97. The van der Waals surface area contributed by atoms with Crippen LogP contribution in [0.2, 0.25) is 0 Å². The maximum Gasteiger partial charge on any atom is 0.305 e. The second-order valence-corrected chi connectivity index (χ2v) is 5.25. The van der Waals surface area contributed by atoms with E-state index in [2.05, 4.69) is 11.9 Å². The molecule has 1 saturated carbocycles. The van der Waals surface area contributed by atoms with Gasteiger partial charge in [-0.05, 0) is 31.4 Å². The van der Waals surface area contributed by atoms with Crippen LogP contribution in [-0.4, -0.2) is 29.1 Å². The molecule has 5 heteroatoms. The standard InChI is InChI=1S/C16H19NO4/c1-2-10-21-13-7-4-3-6-12(13)15(20)17-16(8-5-9-16)11-14(18)19/h2-4,6-7H,1,5,8-11H2,(H,17,20)(H,18,19). The molecule has 5 nitrogen and oxygen atoms in total. The smallest absolute Gasteiger partial charge is 0.305 e. The number of carboxylic acids is 1. The number of para-hydroxylation sites is 1. The van der Waals surface area contributed by atoms with Crippen molar-refractivity contribution < 1.29 is 19.4 Å². The van der Waals surface area contributed by atoms with E-state index in [9.17, 15) is 9.59 Å². The topological polar surface area (TPSA) is 75.6 Å². The molecular formula is C16H19NO4. The number of amides is 1. The lowest BCUT2D eigenvalue weighted by Crippen LogP contribution is -2.54. The van der Waals surface area contributed by atoms with E-state index in [1.807, 2.05) is 0 Å². The van der Waals surface area contributed by atoms with Crippen LogP contribution in [0, 0.1) is 0 Å². The van der Waals surface area contributed by atoms with Crippen LogP contribution in [0.5, 0.6) is 5.75 Å². The van der Waals surface area contributed by atoms with E-state index < -0.39 is 11.5 Å². The average Bonchev–Trinajstić information content (AvgIpc) is 2.42. The Labute approximate surface area is 123 Å². The monoisotopic (exact) mass is 289 g/mol. The van der Waals surface area contributed by atoms with Crippen molar-refractivity contribution in [2.75, 3.05) is 6.61 Å². The Balaban J connectivity index is 2.12. The van der Waals surface area contributed by atoms with Gasteiger partial charge in [0.25, 0.3) is 5.91 Å². The van der Waals surface area contributed by atoms with Crippen LogP contribution in [0.3, 0.4) is 0 Å². The summed E-state index contributed by atoms with van der Waals surface area (Å²) in [6.45, 7) is 3.88. The summed E-state index contributed by atoms with van der Waals surface area (Å²) in [6, 6.07) is 6.91. The highest BCUT2D eigenvalue weighted by Crippen LogP contribution is 2.35. The lowest BCUT2D eigenvalue weighted by Gasteiger charge is -2.41. The van der Waals surface area contributed by atoms with Crippen LogP contribution < -0.4 is 10.1 Å². The lowest BCUT2D eigenvalue weighted by atomic mass is 9.74. The zero-order chi connectivity index (χ0) is 15.3. The number of hydrogen-bond acceptors (Lipinski definition) is 3. The van der Waals surface area contributed by atoms with E-state index in [1.54, 1.807) is 30.3 Å². The average molecular weight is 289 g/mol. The van der Waals surface area contributed by atoms with Crippen LogP contribution in [-0.2, 0) is 4.79 Å². The first kappa shape index (κ1) is 15.1. The fourth-order valence-electron chi connectivity index (χ4n) is 2.48. The van der Waals surface area contributed by atoms with E-state index in [0.717, 1.165) is 6.42 Å². The largest absolute Gasteiger partial charge is 0.489 e. The molecule has 2 N–H and O–H groups in total.